The summed E-state index contributed by atoms with van der Waals surface area (Å²) in [6, 6.07) is 15.3. The second-order valence-electron chi connectivity index (χ2n) is 8.34. The fourth-order valence-corrected chi connectivity index (χ4v) is 3.26. The van der Waals surface area contributed by atoms with Gasteiger partial charge >= 0.3 is 0 Å². The maximum absolute atomic E-state index is 13.1. The van der Waals surface area contributed by atoms with Gasteiger partial charge in [0.25, 0.3) is 5.91 Å². The number of carbonyl (C=O) groups is 1. The number of hydrogen-bond donors (Lipinski definition) is 4. The number of carbonyl (C=O) groups excluding carboxylic acids is 1. The van der Waals surface area contributed by atoms with Crippen molar-refractivity contribution in [3.63, 3.8) is 0 Å². The standard InChI is InChI=1S/C27H36FN7O3/c1-2-3-13-30-25-33-26(35-27(34-25)32-20-21-9-11-23(28)12-10-21)31-15-17-38-19-18-37-16-14-29-24(36)22-7-5-4-6-8-22/h4-12H,2-3,13-20H2,1H3,(H,29,36)(H3,30,31,32,33,34,35). The van der Waals surface area contributed by atoms with Crippen LogP contribution in [0.25, 0.3) is 0 Å². The zero-order chi connectivity index (χ0) is 26.8. The van der Waals surface area contributed by atoms with E-state index >= 15 is 0 Å². The molecule has 0 saturated carbocycles. The smallest absolute Gasteiger partial charge is 0.251 e. The van der Waals surface area contributed by atoms with E-state index in [0.29, 0.717) is 69.5 Å². The summed E-state index contributed by atoms with van der Waals surface area (Å²) in [4.78, 5) is 25.2. The van der Waals surface area contributed by atoms with Crippen molar-refractivity contribution < 1.29 is 18.7 Å². The molecule has 204 valence electrons. The van der Waals surface area contributed by atoms with E-state index in [2.05, 4.69) is 43.1 Å². The summed E-state index contributed by atoms with van der Waals surface area (Å²) in [5, 5.41) is 12.4. The van der Waals surface area contributed by atoms with Crippen LogP contribution in [0.1, 0.15) is 35.7 Å². The lowest BCUT2D eigenvalue weighted by atomic mass is 10.2. The van der Waals surface area contributed by atoms with Gasteiger partial charge in [0.05, 0.1) is 26.4 Å². The van der Waals surface area contributed by atoms with E-state index in [9.17, 15) is 9.18 Å². The van der Waals surface area contributed by atoms with Crippen molar-refractivity contribution in [1.82, 2.24) is 20.3 Å². The number of benzene rings is 2. The third-order valence-electron chi connectivity index (χ3n) is 5.28. The van der Waals surface area contributed by atoms with Gasteiger partial charge in [-0.05, 0) is 36.2 Å². The molecule has 1 heterocycles. The number of nitrogens with one attached hydrogen (secondary N) is 4. The summed E-state index contributed by atoms with van der Waals surface area (Å²) in [7, 11) is 0. The molecule has 1 amide bonds. The average Bonchev–Trinajstić information content (AvgIpc) is 2.94. The molecule has 0 aliphatic heterocycles. The van der Waals surface area contributed by atoms with Gasteiger partial charge in [0.1, 0.15) is 5.82 Å². The molecule has 3 rings (SSSR count). The largest absolute Gasteiger partial charge is 0.377 e. The second-order valence-corrected chi connectivity index (χ2v) is 8.34. The molecule has 0 fully saturated rings. The third kappa shape index (κ3) is 11.1. The molecule has 0 aliphatic carbocycles. The highest BCUT2D eigenvalue weighted by atomic mass is 19.1. The molecule has 0 radical (unpaired) electrons. The Bertz CT molecular complexity index is 1090. The molecule has 0 atom stereocenters. The van der Waals surface area contributed by atoms with E-state index in [0.717, 1.165) is 24.9 Å². The molecule has 1 aromatic heterocycles. The maximum atomic E-state index is 13.1. The molecular weight excluding hydrogens is 489 g/mol. The summed E-state index contributed by atoms with van der Waals surface area (Å²) in [6.07, 6.45) is 2.06. The Morgan fingerprint density at radius 1 is 0.763 bits per heavy atom. The normalized spacial score (nSPS) is 10.7. The summed E-state index contributed by atoms with van der Waals surface area (Å²) < 4.78 is 24.3. The minimum Gasteiger partial charge on any atom is -0.377 e. The van der Waals surface area contributed by atoms with Crippen LogP contribution >= 0.6 is 0 Å². The molecular formula is C27H36FN7O3. The predicted molar refractivity (Wildman–Crippen MR) is 146 cm³/mol. The van der Waals surface area contributed by atoms with Crippen LogP contribution in [0.15, 0.2) is 54.6 Å². The fraction of sp³-hybridized carbons (Fsp3) is 0.407. The number of amides is 1. The molecule has 0 spiro atoms. The van der Waals surface area contributed by atoms with Gasteiger partial charge < -0.3 is 30.7 Å². The Labute approximate surface area is 222 Å². The maximum Gasteiger partial charge on any atom is 0.251 e. The van der Waals surface area contributed by atoms with Gasteiger partial charge in [0.2, 0.25) is 17.8 Å². The van der Waals surface area contributed by atoms with Crippen molar-refractivity contribution >= 4 is 23.8 Å². The highest BCUT2D eigenvalue weighted by Crippen LogP contribution is 2.11. The SMILES string of the molecule is CCCCNc1nc(NCCOCCOCCNC(=O)c2ccccc2)nc(NCc2ccc(F)cc2)n1. The van der Waals surface area contributed by atoms with Crippen molar-refractivity contribution in [3.8, 4) is 0 Å². The summed E-state index contributed by atoms with van der Waals surface area (Å²) in [5.74, 6) is 0.927. The van der Waals surface area contributed by atoms with E-state index in [-0.39, 0.29) is 11.7 Å². The Hall–Kier alpha value is -3.83. The molecule has 0 saturated heterocycles. The van der Waals surface area contributed by atoms with Crippen LogP contribution in [0.4, 0.5) is 22.2 Å². The molecule has 0 unspecified atom stereocenters. The monoisotopic (exact) mass is 525 g/mol. The van der Waals surface area contributed by atoms with E-state index in [4.69, 9.17) is 9.47 Å². The third-order valence-corrected chi connectivity index (χ3v) is 5.28. The Morgan fingerprint density at radius 3 is 2.03 bits per heavy atom. The molecule has 0 bridgehead atoms. The van der Waals surface area contributed by atoms with Gasteiger partial charge in [-0.25, -0.2) is 4.39 Å². The minimum atomic E-state index is -0.274. The van der Waals surface area contributed by atoms with Gasteiger partial charge in [-0.15, -0.1) is 0 Å². The first-order valence-electron chi connectivity index (χ1n) is 12.8. The Morgan fingerprint density at radius 2 is 1.37 bits per heavy atom. The van der Waals surface area contributed by atoms with Crippen molar-refractivity contribution in [2.45, 2.75) is 26.3 Å². The number of aromatic nitrogens is 3. The van der Waals surface area contributed by atoms with Crippen LogP contribution in [0.3, 0.4) is 0 Å². The van der Waals surface area contributed by atoms with Crippen LogP contribution in [0.2, 0.25) is 0 Å². The predicted octanol–water partition coefficient (Wildman–Crippen LogP) is 3.71. The Kier molecular flexibility index (Phi) is 12.7. The first-order valence-corrected chi connectivity index (χ1v) is 12.8. The summed E-state index contributed by atoms with van der Waals surface area (Å²) in [5.41, 5.74) is 1.54. The highest BCUT2D eigenvalue weighted by Gasteiger charge is 2.07. The number of ether oxygens (including phenoxy) is 2. The topological polar surface area (TPSA) is 122 Å². The van der Waals surface area contributed by atoms with E-state index in [1.807, 2.05) is 18.2 Å². The van der Waals surface area contributed by atoms with Crippen molar-refractivity contribution in [2.24, 2.45) is 0 Å². The van der Waals surface area contributed by atoms with Crippen LogP contribution in [-0.2, 0) is 16.0 Å². The number of halogens is 1. The van der Waals surface area contributed by atoms with Crippen LogP contribution in [0.5, 0.6) is 0 Å². The highest BCUT2D eigenvalue weighted by molar-refractivity contribution is 5.94. The lowest BCUT2D eigenvalue weighted by molar-refractivity contribution is 0.0519. The van der Waals surface area contributed by atoms with E-state index < -0.39 is 0 Å². The molecule has 2 aromatic carbocycles. The van der Waals surface area contributed by atoms with E-state index in [1.54, 1.807) is 24.3 Å². The van der Waals surface area contributed by atoms with Crippen LogP contribution in [0, 0.1) is 5.82 Å². The fourth-order valence-electron chi connectivity index (χ4n) is 3.26. The van der Waals surface area contributed by atoms with E-state index in [1.165, 1.54) is 12.1 Å². The lowest BCUT2D eigenvalue weighted by Gasteiger charge is -2.12. The summed E-state index contributed by atoms with van der Waals surface area (Å²) >= 11 is 0. The second kappa shape index (κ2) is 16.8. The number of anilines is 3. The van der Waals surface area contributed by atoms with Crippen molar-refractivity contribution in [1.29, 1.82) is 0 Å². The van der Waals surface area contributed by atoms with Gasteiger partial charge in [-0.1, -0.05) is 43.7 Å². The molecule has 4 N–H and O–H groups in total. The molecule has 38 heavy (non-hydrogen) atoms. The first kappa shape index (κ1) is 28.7. The van der Waals surface area contributed by atoms with Gasteiger partial charge in [-0.3, -0.25) is 4.79 Å². The van der Waals surface area contributed by atoms with Crippen molar-refractivity contribution in [2.75, 3.05) is 62.0 Å². The average molecular weight is 526 g/mol. The minimum absolute atomic E-state index is 0.118. The zero-order valence-corrected chi connectivity index (χ0v) is 21.7. The number of nitrogens with zero attached hydrogens (tertiary/aromatic N) is 3. The number of unbranched alkanes of at least 4 members (excludes halogenated alkanes) is 1. The number of rotatable bonds is 18. The molecule has 0 aliphatic rings. The molecule has 3 aromatic rings. The Balaban J connectivity index is 1.33. The first-order chi connectivity index (χ1) is 18.6. The zero-order valence-electron chi connectivity index (χ0n) is 21.7. The quantitative estimate of drug-likeness (QED) is 0.184. The number of hydrogen-bond acceptors (Lipinski definition) is 9. The lowest BCUT2D eigenvalue weighted by Crippen LogP contribution is -2.27. The van der Waals surface area contributed by atoms with Crippen molar-refractivity contribution in [3.05, 3.63) is 71.5 Å². The van der Waals surface area contributed by atoms with Gasteiger partial charge in [-0.2, -0.15) is 15.0 Å². The molecule has 11 heteroatoms. The van der Waals surface area contributed by atoms with Gasteiger partial charge in [0.15, 0.2) is 0 Å². The van der Waals surface area contributed by atoms with Crippen LogP contribution in [-0.4, -0.2) is 66.9 Å². The van der Waals surface area contributed by atoms with Crippen LogP contribution < -0.4 is 21.3 Å². The van der Waals surface area contributed by atoms with Gasteiger partial charge in [0, 0.05) is 31.7 Å². The molecule has 10 nitrogen and oxygen atoms in total. The summed E-state index contributed by atoms with van der Waals surface area (Å²) in [6.45, 7) is 5.98.